The Morgan fingerprint density at radius 2 is 1.82 bits per heavy atom. The summed E-state index contributed by atoms with van der Waals surface area (Å²) in [5.74, 6) is 0. The molecule has 3 nitrogen and oxygen atoms in total. The van der Waals surface area contributed by atoms with Crippen molar-refractivity contribution in [2.75, 3.05) is 11.1 Å². The number of hydrogen-bond donors (Lipinski definition) is 2. The molecule has 1 aromatic carbocycles. The first-order valence-corrected chi connectivity index (χ1v) is 6.62. The van der Waals surface area contributed by atoms with E-state index in [1.54, 1.807) is 12.4 Å². The van der Waals surface area contributed by atoms with Gasteiger partial charge in [0.2, 0.25) is 0 Å². The van der Waals surface area contributed by atoms with Crippen LogP contribution in [-0.2, 0) is 6.54 Å². The van der Waals surface area contributed by atoms with Gasteiger partial charge in [0.15, 0.2) is 0 Å². The number of aromatic nitrogens is 1. The van der Waals surface area contributed by atoms with Gasteiger partial charge in [-0.1, -0.05) is 28.1 Å². The van der Waals surface area contributed by atoms with E-state index in [-0.39, 0.29) is 0 Å². The molecule has 3 N–H and O–H groups in total. The topological polar surface area (TPSA) is 50.9 Å². The van der Waals surface area contributed by atoms with Crippen molar-refractivity contribution < 1.29 is 0 Å². The van der Waals surface area contributed by atoms with Crippen molar-refractivity contribution in [2.45, 2.75) is 6.54 Å². The number of anilines is 2. The lowest BCUT2D eigenvalue weighted by Crippen LogP contribution is -2.03. The molecule has 0 saturated carbocycles. The Hall–Kier alpha value is -1.07. The van der Waals surface area contributed by atoms with Crippen LogP contribution in [0.5, 0.6) is 0 Å². The van der Waals surface area contributed by atoms with Crippen LogP contribution in [0.25, 0.3) is 0 Å². The fourth-order valence-corrected chi connectivity index (χ4v) is 2.18. The number of nitrogens with zero attached hydrogens (tertiary/aromatic N) is 1. The van der Waals surface area contributed by atoms with E-state index in [9.17, 15) is 0 Å². The molecule has 0 spiro atoms. The molecule has 5 heteroatoms. The molecule has 2 rings (SSSR count). The number of benzene rings is 1. The second-order valence-corrected chi connectivity index (χ2v) is 5.34. The Morgan fingerprint density at radius 1 is 1.12 bits per heavy atom. The normalized spacial score (nSPS) is 10.2. The van der Waals surface area contributed by atoms with Crippen LogP contribution in [0, 0.1) is 0 Å². The molecule has 0 saturated heterocycles. The Bertz CT molecular complexity index is 491. The number of halogens is 2. The molecule has 1 heterocycles. The molecule has 0 fully saturated rings. The molecule has 0 atom stereocenters. The molecule has 0 unspecified atom stereocenters. The molecule has 17 heavy (non-hydrogen) atoms. The van der Waals surface area contributed by atoms with E-state index in [4.69, 9.17) is 5.73 Å². The number of rotatable bonds is 3. The summed E-state index contributed by atoms with van der Waals surface area (Å²) in [4.78, 5) is 3.99. The highest BCUT2D eigenvalue weighted by Crippen LogP contribution is 2.27. The summed E-state index contributed by atoms with van der Waals surface area (Å²) < 4.78 is 1.94. The van der Waals surface area contributed by atoms with E-state index < -0.39 is 0 Å². The van der Waals surface area contributed by atoms with Gasteiger partial charge in [-0.25, -0.2) is 0 Å². The van der Waals surface area contributed by atoms with Gasteiger partial charge < -0.3 is 11.1 Å². The summed E-state index contributed by atoms with van der Waals surface area (Å²) in [5.41, 5.74) is 8.55. The maximum atomic E-state index is 5.85. The van der Waals surface area contributed by atoms with Crippen LogP contribution in [0.15, 0.2) is 45.6 Å². The van der Waals surface area contributed by atoms with Gasteiger partial charge in [0.1, 0.15) is 0 Å². The maximum absolute atomic E-state index is 5.85. The number of nitrogens with one attached hydrogen (secondary N) is 1. The van der Waals surface area contributed by atoms with E-state index in [1.165, 1.54) is 5.56 Å². The highest BCUT2D eigenvalue weighted by molar-refractivity contribution is 9.10. The van der Waals surface area contributed by atoms with Gasteiger partial charge in [-0.2, -0.15) is 0 Å². The lowest BCUT2D eigenvalue weighted by Gasteiger charge is -2.10. The second kappa shape index (κ2) is 5.51. The molecular formula is C12H11Br2N3. The zero-order valence-electron chi connectivity index (χ0n) is 8.95. The lowest BCUT2D eigenvalue weighted by molar-refractivity contribution is 1.14. The van der Waals surface area contributed by atoms with Crippen molar-refractivity contribution in [3.8, 4) is 0 Å². The maximum Gasteiger partial charge on any atom is 0.0752 e. The minimum atomic E-state index is 0.636. The summed E-state index contributed by atoms with van der Waals surface area (Å²) in [5, 5.41) is 3.29. The van der Waals surface area contributed by atoms with E-state index in [1.807, 2.05) is 12.1 Å². The molecule has 0 aliphatic carbocycles. The largest absolute Gasteiger partial charge is 0.396 e. The summed E-state index contributed by atoms with van der Waals surface area (Å²) in [6.07, 6.45) is 3.36. The van der Waals surface area contributed by atoms with Gasteiger partial charge in [-0.3, -0.25) is 4.98 Å². The minimum Gasteiger partial charge on any atom is -0.396 e. The summed E-state index contributed by atoms with van der Waals surface area (Å²) >= 11 is 6.83. The van der Waals surface area contributed by atoms with E-state index in [0.717, 1.165) is 21.2 Å². The third-order valence-electron chi connectivity index (χ3n) is 2.31. The van der Waals surface area contributed by atoms with Crippen LogP contribution in [0.1, 0.15) is 5.56 Å². The van der Waals surface area contributed by atoms with Gasteiger partial charge in [0.05, 0.1) is 22.0 Å². The Kier molecular flexibility index (Phi) is 4.02. The number of pyridine rings is 1. The van der Waals surface area contributed by atoms with Crippen LogP contribution in [-0.4, -0.2) is 4.98 Å². The summed E-state index contributed by atoms with van der Waals surface area (Å²) in [6, 6.07) is 8.15. The van der Waals surface area contributed by atoms with Crippen molar-refractivity contribution in [3.63, 3.8) is 0 Å². The van der Waals surface area contributed by atoms with Crippen molar-refractivity contribution in [3.05, 3.63) is 51.2 Å². The molecule has 0 bridgehead atoms. The lowest BCUT2D eigenvalue weighted by atomic mass is 10.2. The third kappa shape index (κ3) is 3.20. The average Bonchev–Trinajstić information content (AvgIpc) is 2.31. The average molecular weight is 357 g/mol. The van der Waals surface area contributed by atoms with Gasteiger partial charge in [-0.05, 0) is 33.6 Å². The van der Waals surface area contributed by atoms with Crippen molar-refractivity contribution in [1.29, 1.82) is 0 Å². The van der Waals surface area contributed by atoms with Gasteiger partial charge >= 0.3 is 0 Å². The first kappa shape index (κ1) is 12.4. The predicted molar refractivity (Wildman–Crippen MR) is 77.8 cm³/mol. The van der Waals surface area contributed by atoms with Crippen LogP contribution in [0.4, 0.5) is 11.4 Å². The Balaban J connectivity index is 2.10. The van der Waals surface area contributed by atoms with Gasteiger partial charge in [-0.15, -0.1) is 0 Å². The Morgan fingerprint density at radius 3 is 2.47 bits per heavy atom. The zero-order valence-corrected chi connectivity index (χ0v) is 12.1. The third-order valence-corrected chi connectivity index (χ3v) is 3.44. The van der Waals surface area contributed by atoms with Crippen LogP contribution >= 0.6 is 31.9 Å². The summed E-state index contributed by atoms with van der Waals surface area (Å²) in [6.45, 7) is 0.722. The molecule has 1 aromatic heterocycles. The SMILES string of the molecule is Nc1cncc(Br)c1NCc1ccc(Br)cc1. The molecule has 0 aliphatic heterocycles. The van der Waals surface area contributed by atoms with Gasteiger partial charge in [0.25, 0.3) is 0 Å². The summed E-state index contributed by atoms with van der Waals surface area (Å²) in [7, 11) is 0. The molecule has 0 amide bonds. The van der Waals surface area contributed by atoms with E-state index in [0.29, 0.717) is 5.69 Å². The fourth-order valence-electron chi connectivity index (χ4n) is 1.43. The first-order chi connectivity index (χ1) is 8.16. The smallest absolute Gasteiger partial charge is 0.0752 e. The molecule has 88 valence electrons. The predicted octanol–water partition coefficient (Wildman–Crippen LogP) is 3.80. The van der Waals surface area contributed by atoms with Crippen molar-refractivity contribution >= 4 is 43.2 Å². The van der Waals surface area contributed by atoms with Crippen LogP contribution in [0.2, 0.25) is 0 Å². The molecule has 2 aromatic rings. The first-order valence-electron chi connectivity index (χ1n) is 5.04. The standard InChI is InChI=1S/C12H11Br2N3/c13-9-3-1-8(2-4-9)5-17-12-10(14)6-16-7-11(12)15/h1-4,6-7H,5,15H2,(H,16,17). The molecule has 0 radical (unpaired) electrons. The van der Waals surface area contributed by atoms with Crippen LogP contribution in [0.3, 0.4) is 0 Å². The highest BCUT2D eigenvalue weighted by atomic mass is 79.9. The van der Waals surface area contributed by atoms with E-state index in [2.05, 4.69) is 54.3 Å². The van der Waals surface area contributed by atoms with Gasteiger partial charge in [0, 0.05) is 17.2 Å². The Labute approximate surface area is 117 Å². The quantitative estimate of drug-likeness (QED) is 0.879. The number of nitrogen functional groups attached to an aromatic ring is 1. The highest BCUT2D eigenvalue weighted by Gasteiger charge is 2.03. The number of nitrogens with two attached hydrogens (primary N) is 1. The van der Waals surface area contributed by atoms with E-state index >= 15 is 0 Å². The van der Waals surface area contributed by atoms with Crippen molar-refractivity contribution in [1.82, 2.24) is 4.98 Å². The molecule has 0 aliphatic rings. The van der Waals surface area contributed by atoms with Crippen molar-refractivity contribution in [2.24, 2.45) is 0 Å². The van der Waals surface area contributed by atoms with Crippen LogP contribution < -0.4 is 11.1 Å². The minimum absolute atomic E-state index is 0.636. The second-order valence-electron chi connectivity index (χ2n) is 3.57. The molecular weight excluding hydrogens is 346 g/mol. The number of hydrogen-bond acceptors (Lipinski definition) is 3. The fraction of sp³-hybridized carbons (Fsp3) is 0.0833. The monoisotopic (exact) mass is 355 g/mol. The zero-order chi connectivity index (χ0) is 12.3.